The number of benzene rings is 2. The van der Waals surface area contributed by atoms with Gasteiger partial charge >= 0.3 is 0 Å². The Morgan fingerprint density at radius 2 is 0.938 bits per heavy atom. The maximum atomic E-state index is 9.51. The van der Waals surface area contributed by atoms with Crippen LogP contribution in [0.4, 0.5) is 0 Å². The normalized spacial score (nSPS) is 35.8. The number of ether oxygens (including phenoxy) is 2. The van der Waals surface area contributed by atoms with Gasteiger partial charge in [0, 0.05) is 87.4 Å². The van der Waals surface area contributed by atoms with Crippen LogP contribution in [0, 0.1) is 44.3 Å². The number of fused-ring (bicyclic) bond motifs is 2. The smallest absolute Gasteiger partial charge is 0.0991 e. The van der Waals surface area contributed by atoms with E-state index in [4.69, 9.17) is 9.47 Å². The lowest BCUT2D eigenvalue weighted by molar-refractivity contribution is -0.201. The standard InChI is InChI=1S/C40H52N6O2/c1-37(2)33-21-36-40(28-44-15-19-48-20-16-44)38(3,4)34(46(36)26-32-11-7-30(24-42)8-12-32)22-35(39(37,40)27-43-13-17-47-18-14-43)45(33)25-31-9-5-29(23-41)6-10-31/h5-12,33-36H,13-22,25-28H2,1-4H3. The van der Waals surface area contributed by atoms with Crippen molar-refractivity contribution in [1.82, 2.24) is 19.6 Å². The van der Waals surface area contributed by atoms with Crippen molar-refractivity contribution in [2.45, 2.75) is 77.8 Å². The molecule has 8 heteroatoms. The van der Waals surface area contributed by atoms with Crippen molar-refractivity contribution in [1.29, 1.82) is 10.5 Å². The zero-order valence-electron chi connectivity index (χ0n) is 29.3. The second-order valence-electron chi connectivity index (χ2n) is 16.7. The quantitative estimate of drug-likeness (QED) is 0.407. The predicted molar refractivity (Wildman–Crippen MR) is 185 cm³/mol. The third kappa shape index (κ3) is 4.53. The van der Waals surface area contributed by atoms with Crippen molar-refractivity contribution < 1.29 is 9.47 Å². The predicted octanol–water partition coefficient (Wildman–Crippen LogP) is 4.73. The third-order valence-corrected chi connectivity index (χ3v) is 14.4. The largest absolute Gasteiger partial charge is 0.379 e. The highest BCUT2D eigenvalue weighted by atomic mass is 16.5. The molecule has 2 aliphatic carbocycles. The monoisotopic (exact) mass is 648 g/mol. The molecule has 254 valence electrons. The van der Waals surface area contributed by atoms with E-state index in [1.165, 1.54) is 11.1 Å². The van der Waals surface area contributed by atoms with E-state index in [0.717, 1.165) is 103 Å². The molecular weight excluding hydrogens is 596 g/mol. The number of nitrogens with zero attached hydrogens (tertiary/aromatic N) is 6. The number of hydrogen-bond donors (Lipinski definition) is 0. The Hall–Kier alpha value is -2.82. The van der Waals surface area contributed by atoms with E-state index < -0.39 is 0 Å². The van der Waals surface area contributed by atoms with Crippen LogP contribution in [0.5, 0.6) is 0 Å². The summed E-state index contributed by atoms with van der Waals surface area (Å²) in [5.74, 6) is 0. The summed E-state index contributed by atoms with van der Waals surface area (Å²) in [6, 6.07) is 23.1. The van der Waals surface area contributed by atoms with Crippen LogP contribution in [0.25, 0.3) is 0 Å². The van der Waals surface area contributed by atoms with E-state index >= 15 is 0 Å². The van der Waals surface area contributed by atoms with Gasteiger partial charge in [0.25, 0.3) is 0 Å². The van der Waals surface area contributed by atoms with Crippen molar-refractivity contribution in [2.75, 3.05) is 65.7 Å². The Kier molecular flexibility index (Phi) is 8.03. The lowest BCUT2D eigenvalue weighted by Gasteiger charge is -2.69. The van der Waals surface area contributed by atoms with E-state index in [2.05, 4.69) is 83.7 Å². The third-order valence-electron chi connectivity index (χ3n) is 14.4. The van der Waals surface area contributed by atoms with Gasteiger partial charge in [0.05, 0.1) is 49.7 Å². The van der Waals surface area contributed by atoms with Crippen LogP contribution in [0.3, 0.4) is 0 Å². The van der Waals surface area contributed by atoms with Crippen LogP contribution in [-0.2, 0) is 22.6 Å². The number of hydrogen-bond acceptors (Lipinski definition) is 8. The summed E-state index contributed by atoms with van der Waals surface area (Å²) in [4.78, 5) is 11.4. The zero-order valence-corrected chi connectivity index (χ0v) is 29.3. The molecule has 4 saturated heterocycles. The first-order valence-electron chi connectivity index (χ1n) is 18.3. The summed E-state index contributed by atoms with van der Waals surface area (Å²) < 4.78 is 11.8. The van der Waals surface area contributed by atoms with Gasteiger partial charge < -0.3 is 9.47 Å². The molecule has 6 aliphatic rings. The maximum Gasteiger partial charge on any atom is 0.0991 e. The summed E-state index contributed by atoms with van der Waals surface area (Å²) in [7, 11) is 0. The van der Waals surface area contributed by atoms with Gasteiger partial charge in [-0.15, -0.1) is 0 Å². The minimum atomic E-state index is 0.0508. The van der Waals surface area contributed by atoms with Gasteiger partial charge in [-0.25, -0.2) is 0 Å². The van der Waals surface area contributed by atoms with Crippen LogP contribution in [0.1, 0.15) is 62.8 Å². The summed E-state index contributed by atoms with van der Waals surface area (Å²) >= 11 is 0. The molecule has 8 nitrogen and oxygen atoms in total. The fraction of sp³-hybridized carbons (Fsp3) is 0.650. The topological polar surface area (TPSA) is 79.0 Å². The van der Waals surface area contributed by atoms with Crippen LogP contribution in [-0.4, -0.2) is 109 Å². The summed E-state index contributed by atoms with van der Waals surface area (Å²) in [6.45, 7) is 21.9. The number of rotatable bonds is 8. The summed E-state index contributed by atoms with van der Waals surface area (Å²) in [5.41, 5.74) is 4.34. The van der Waals surface area contributed by atoms with Gasteiger partial charge in [-0.2, -0.15) is 10.5 Å². The molecule has 2 aromatic rings. The fourth-order valence-corrected chi connectivity index (χ4v) is 12.3. The number of nitriles is 2. The second kappa shape index (κ2) is 11.9. The average Bonchev–Trinajstić information content (AvgIpc) is 3.29. The van der Waals surface area contributed by atoms with Crippen LogP contribution >= 0.6 is 0 Å². The second-order valence-corrected chi connectivity index (χ2v) is 16.7. The molecule has 0 N–H and O–H groups in total. The molecule has 4 bridgehead atoms. The van der Waals surface area contributed by atoms with Crippen molar-refractivity contribution in [3.63, 3.8) is 0 Å². The first-order chi connectivity index (χ1) is 23.2. The molecule has 4 aliphatic heterocycles. The molecule has 6 fully saturated rings. The molecule has 0 spiro atoms. The van der Waals surface area contributed by atoms with Gasteiger partial charge in [0.15, 0.2) is 0 Å². The highest BCUT2D eigenvalue weighted by molar-refractivity contribution is 5.39. The Labute approximate surface area is 287 Å². The van der Waals surface area contributed by atoms with Crippen molar-refractivity contribution >= 4 is 0 Å². The molecular formula is C40H52N6O2. The SMILES string of the molecule is CC1(C)C2CC3N(Cc4ccc(C#N)cc4)C4CC(N2Cc2ccc(C#N)cc2)C1(CN1CCOCC1)C3(CN1CCOCC1)C4(C)C. The lowest BCUT2D eigenvalue weighted by atomic mass is 9.35. The molecule has 2 saturated carbocycles. The van der Waals surface area contributed by atoms with Crippen LogP contribution in [0.15, 0.2) is 48.5 Å². The van der Waals surface area contributed by atoms with Gasteiger partial charge in [-0.3, -0.25) is 19.6 Å². The van der Waals surface area contributed by atoms with Gasteiger partial charge in [-0.05, 0) is 59.1 Å². The maximum absolute atomic E-state index is 9.51. The minimum Gasteiger partial charge on any atom is -0.379 e. The van der Waals surface area contributed by atoms with Crippen molar-refractivity contribution in [3.8, 4) is 12.1 Å². The molecule has 4 heterocycles. The number of morpholine rings is 2. The van der Waals surface area contributed by atoms with Gasteiger partial charge in [0.1, 0.15) is 0 Å². The van der Waals surface area contributed by atoms with E-state index in [0.29, 0.717) is 24.2 Å². The van der Waals surface area contributed by atoms with E-state index in [1.807, 2.05) is 24.3 Å². The van der Waals surface area contributed by atoms with E-state index in [9.17, 15) is 10.5 Å². The van der Waals surface area contributed by atoms with Crippen molar-refractivity contribution in [2.24, 2.45) is 21.7 Å². The Morgan fingerprint density at radius 1 is 0.583 bits per heavy atom. The van der Waals surface area contributed by atoms with Gasteiger partial charge in [-0.1, -0.05) is 52.0 Å². The molecule has 48 heavy (non-hydrogen) atoms. The Morgan fingerprint density at radius 3 is 1.27 bits per heavy atom. The van der Waals surface area contributed by atoms with E-state index in [1.54, 1.807) is 0 Å². The minimum absolute atomic E-state index is 0.0508. The molecule has 0 amide bonds. The molecule has 0 aromatic heterocycles. The molecule has 2 aromatic carbocycles. The lowest BCUT2D eigenvalue weighted by Crippen LogP contribution is -2.75. The fourth-order valence-electron chi connectivity index (χ4n) is 12.3. The zero-order chi connectivity index (χ0) is 33.3. The summed E-state index contributed by atoms with van der Waals surface area (Å²) in [6.07, 6.45) is 2.32. The highest BCUT2D eigenvalue weighted by Gasteiger charge is 2.85. The van der Waals surface area contributed by atoms with E-state index in [-0.39, 0.29) is 21.7 Å². The molecule has 6 atom stereocenters. The van der Waals surface area contributed by atoms with Crippen LogP contribution < -0.4 is 0 Å². The molecule has 0 radical (unpaired) electrons. The first kappa shape index (κ1) is 32.4. The summed E-state index contributed by atoms with van der Waals surface area (Å²) in [5, 5.41) is 19.0. The van der Waals surface area contributed by atoms with Crippen LogP contribution in [0.2, 0.25) is 0 Å². The molecule has 6 unspecified atom stereocenters. The Bertz CT molecular complexity index is 1460. The van der Waals surface area contributed by atoms with Crippen molar-refractivity contribution in [3.05, 3.63) is 70.8 Å². The highest BCUT2D eigenvalue weighted by Crippen LogP contribution is 2.80. The first-order valence-corrected chi connectivity index (χ1v) is 18.3. The van der Waals surface area contributed by atoms with Gasteiger partial charge in [0.2, 0.25) is 0 Å². The molecule has 8 rings (SSSR count). The average molecular weight is 649 g/mol. The number of likely N-dealkylation sites (tertiary alicyclic amines) is 2. The Balaban J connectivity index is 1.29.